The lowest BCUT2D eigenvalue weighted by Gasteiger charge is -2.21. The van der Waals surface area contributed by atoms with E-state index in [1.807, 2.05) is 0 Å². The van der Waals surface area contributed by atoms with Crippen molar-refractivity contribution < 1.29 is 14.7 Å². The van der Waals surface area contributed by atoms with Gasteiger partial charge in [-0.15, -0.1) is 0 Å². The van der Waals surface area contributed by atoms with Gasteiger partial charge in [-0.1, -0.05) is 13.8 Å². The van der Waals surface area contributed by atoms with Crippen molar-refractivity contribution in [2.75, 3.05) is 0 Å². The molecule has 0 unspecified atom stereocenters. The summed E-state index contributed by atoms with van der Waals surface area (Å²) >= 11 is 0. The van der Waals surface area contributed by atoms with E-state index in [-0.39, 0.29) is 5.92 Å². The summed E-state index contributed by atoms with van der Waals surface area (Å²) in [7, 11) is 0. The second-order valence-corrected chi connectivity index (χ2v) is 2.55. The fraction of sp³-hybridized carbons (Fsp3) is 0.667. The van der Waals surface area contributed by atoms with Crippen molar-refractivity contribution in [1.29, 1.82) is 0 Å². The molecule has 0 aromatic rings. The number of hydrogen-bond acceptors (Lipinski definition) is 3. The van der Waals surface area contributed by atoms with E-state index in [1.165, 1.54) is 0 Å². The molecule has 0 aliphatic carbocycles. The minimum atomic E-state index is -1.32. The Morgan fingerprint density at radius 1 is 1.45 bits per heavy atom. The molecule has 0 aromatic carbocycles. The lowest BCUT2D eigenvalue weighted by atomic mass is 10.1. The highest BCUT2D eigenvalue weighted by molar-refractivity contribution is 5.80. The van der Waals surface area contributed by atoms with E-state index in [0.717, 1.165) is 0 Å². The Hall–Kier alpha value is -1.26. The molecule has 64 valence electrons. The third-order valence-corrected chi connectivity index (χ3v) is 1.22. The van der Waals surface area contributed by atoms with Gasteiger partial charge in [-0.25, -0.2) is 4.79 Å². The van der Waals surface area contributed by atoms with Crippen LogP contribution < -0.4 is 16.2 Å². The lowest BCUT2D eigenvalue weighted by molar-refractivity contribution is -0.309. The third-order valence-electron chi connectivity index (χ3n) is 1.22. The van der Waals surface area contributed by atoms with Gasteiger partial charge in [0.05, 0.1) is 12.0 Å². The first-order valence-electron chi connectivity index (χ1n) is 3.22. The fourth-order valence-corrected chi connectivity index (χ4v) is 0.651. The van der Waals surface area contributed by atoms with Crippen molar-refractivity contribution in [3.63, 3.8) is 0 Å². The molecule has 0 aliphatic rings. The molecule has 0 saturated heterocycles. The van der Waals surface area contributed by atoms with Gasteiger partial charge in [0.1, 0.15) is 0 Å². The average molecular weight is 159 g/mol. The van der Waals surface area contributed by atoms with Crippen LogP contribution in [0.25, 0.3) is 0 Å². The van der Waals surface area contributed by atoms with Crippen molar-refractivity contribution in [3.05, 3.63) is 0 Å². The summed E-state index contributed by atoms with van der Waals surface area (Å²) in [4.78, 5) is 20.5. The smallest absolute Gasteiger partial charge is 0.312 e. The highest BCUT2D eigenvalue weighted by Gasteiger charge is 2.14. The van der Waals surface area contributed by atoms with Crippen molar-refractivity contribution >= 4 is 12.0 Å². The van der Waals surface area contributed by atoms with Gasteiger partial charge in [-0.3, -0.25) is 0 Å². The number of urea groups is 1. The molecule has 0 saturated carbocycles. The number of carboxylic acids is 1. The van der Waals surface area contributed by atoms with E-state index in [4.69, 9.17) is 5.73 Å². The van der Waals surface area contributed by atoms with Gasteiger partial charge < -0.3 is 21.0 Å². The Morgan fingerprint density at radius 3 is 2.00 bits per heavy atom. The quantitative estimate of drug-likeness (QED) is 0.520. The van der Waals surface area contributed by atoms with Gasteiger partial charge in [-0.2, -0.15) is 0 Å². The number of nitrogens with two attached hydrogens (primary N) is 1. The van der Waals surface area contributed by atoms with Crippen LogP contribution in [0, 0.1) is 5.92 Å². The van der Waals surface area contributed by atoms with Crippen LogP contribution in [0.1, 0.15) is 13.8 Å². The number of aliphatic carboxylic acids is 1. The maximum Gasteiger partial charge on any atom is 0.312 e. The third kappa shape index (κ3) is 3.44. The molecule has 5 heteroatoms. The molecule has 5 nitrogen and oxygen atoms in total. The summed E-state index contributed by atoms with van der Waals surface area (Å²) in [5.74, 6) is -1.55. The predicted octanol–water partition coefficient (Wildman–Crippen LogP) is -1.57. The number of primary amides is 1. The van der Waals surface area contributed by atoms with Crippen LogP contribution >= 0.6 is 0 Å². The molecule has 2 amide bonds. The Labute approximate surface area is 64.6 Å². The maximum atomic E-state index is 10.3. The van der Waals surface area contributed by atoms with Crippen LogP contribution in [0.2, 0.25) is 0 Å². The summed E-state index contributed by atoms with van der Waals surface area (Å²) in [6.07, 6.45) is 0. The Balaban J connectivity index is 4.12. The lowest BCUT2D eigenvalue weighted by Crippen LogP contribution is -2.52. The van der Waals surface area contributed by atoms with Crippen LogP contribution in [0.3, 0.4) is 0 Å². The molecule has 0 spiro atoms. The number of nitrogens with one attached hydrogen (secondary N) is 1. The highest BCUT2D eigenvalue weighted by Crippen LogP contribution is 1.99. The van der Waals surface area contributed by atoms with Crippen LogP contribution in [0.4, 0.5) is 4.79 Å². The summed E-state index contributed by atoms with van der Waals surface area (Å²) in [6, 6.07) is -1.86. The van der Waals surface area contributed by atoms with Gasteiger partial charge in [-0.05, 0) is 5.92 Å². The van der Waals surface area contributed by atoms with Crippen LogP contribution in [0.15, 0.2) is 0 Å². The largest absolute Gasteiger partial charge is 0.548 e. The molecule has 11 heavy (non-hydrogen) atoms. The molecule has 1 atom stereocenters. The summed E-state index contributed by atoms with van der Waals surface area (Å²) in [5, 5.41) is 12.4. The zero-order valence-electron chi connectivity index (χ0n) is 6.46. The zero-order valence-corrected chi connectivity index (χ0v) is 6.46. The minimum Gasteiger partial charge on any atom is -0.548 e. The zero-order chi connectivity index (χ0) is 9.02. The SMILES string of the molecule is CC(C)[C@H](NC(N)=O)C(=O)[O-]. The molecular formula is C6H11N2O3-. The number of carbonyl (C=O) groups is 2. The van der Waals surface area contributed by atoms with Gasteiger partial charge in [0, 0.05) is 0 Å². The first-order valence-corrected chi connectivity index (χ1v) is 3.22. The second-order valence-electron chi connectivity index (χ2n) is 2.55. The van der Waals surface area contributed by atoms with Crippen LogP contribution in [-0.4, -0.2) is 18.0 Å². The maximum absolute atomic E-state index is 10.3. The molecule has 0 fully saturated rings. The molecule has 0 heterocycles. The average Bonchev–Trinajstić information content (AvgIpc) is 1.81. The van der Waals surface area contributed by atoms with Crippen molar-refractivity contribution in [1.82, 2.24) is 5.32 Å². The topological polar surface area (TPSA) is 95.2 Å². The fourth-order valence-electron chi connectivity index (χ4n) is 0.651. The Morgan fingerprint density at radius 2 is 1.91 bits per heavy atom. The van der Waals surface area contributed by atoms with Crippen molar-refractivity contribution in [2.24, 2.45) is 11.7 Å². The number of rotatable bonds is 3. The number of carboxylic acid groups (broad SMARTS) is 1. The molecule has 0 aliphatic heterocycles. The predicted molar refractivity (Wildman–Crippen MR) is 36.4 cm³/mol. The van der Waals surface area contributed by atoms with Gasteiger partial charge >= 0.3 is 6.03 Å². The molecule has 0 bridgehead atoms. The highest BCUT2D eigenvalue weighted by atomic mass is 16.4. The van der Waals surface area contributed by atoms with Gasteiger partial charge in [0.15, 0.2) is 0 Å². The van der Waals surface area contributed by atoms with E-state index in [9.17, 15) is 14.7 Å². The molecule has 3 N–H and O–H groups in total. The Bertz CT molecular complexity index is 167. The second kappa shape index (κ2) is 3.80. The standard InChI is InChI=1S/C6H12N2O3/c1-3(2)4(5(9)10)8-6(7)11/h3-4H,1-2H3,(H,9,10)(H3,7,8,11)/p-1/t4-/m0/s1. The first kappa shape index (κ1) is 9.74. The normalized spacial score (nSPS) is 12.6. The molecule has 0 radical (unpaired) electrons. The van der Waals surface area contributed by atoms with E-state index in [0.29, 0.717) is 0 Å². The minimum absolute atomic E-state index is 0.229. The van der Waals surface area contributed by atoms with E-state index in [1.54, 1.807) is 13.8 Å². The van der Waals surface area contributed by atoms with E-state index >= 15 is 0 Å². The first-order chi connectivity index (χ1) is 4.95. The summed E-state index contributed by atoms with van der Waals surface area (Å²) < 4.78 is 0. The van der Waals surface area contributed by atoms with Crippen molar-refractivity contribution in [2.45, 2.75) is 19.9 Å². The van der Waals surface area contributed by atoms with Crippen LogP contribution in [-0.2, 0) is 4.79 Å². The van der Waals surface area contributed by atoms with Gasteiger partial charge in [0.2, 0.25) is 0 Å². The van der Waals surface area contributed by atoms with Crippen molar-refractivity contribution in [3.8, 4) is 0 Å². The molecular weight excluding hydrogens is 148 g/mol. The number of amides is 2. The summed E-state index contributed by atoms with van der Waals surface area (Å²) in [6.45, 7) is 3.30. The molecule has 0 rings (SSSR count). The van der Waals surface area contributed by atoms with Gasteiger partial charge in [0.25, 0.3) is 0 Å². The molecule has 0 aromatic heterocycles. The Kier molecular flexibility index (Phi) is 3.36. The van der Waals surface area contributed by atoms with Crippen LogP contribution in [0.5, 0.6) is 0 Å². The van der Waals surface area contributed by atoms with E-state index in [2.05, 4.69) is 5.32 Å². The monoisotopic (exact) mass is 159 g/mol. The summed E-state index contributed by atoms with van der Waals surface area (Å²) in [5.41, 5.74) is 4.73. The van der Waals surface area contributed by atoms with E-state index < -0.39 is 18.0 Å². The number of carbonyl (C=O) groups excluding carboxylic acids is 2. The number of hydrogen-bond donors (Lipinski definition) is 2.